The number of rotatable bonds is 6. The zero-order valence-electron chi connectivity index (χ0n) is 11.2. The average molecular weight is 280 g/mol. The predicted molar refractivity (Wildman–Crippen MR) is 80.8 cm³/mol. The molecule has 0 amide bonds. The molecule has 98 valence electrons. The molecule has 0 radical (unpaired) electrons. The second-order valence-corrected chi connectivity index (χ2v) is 6.61. The van der Waals surface area contributed by atoms with Gasteiger partial charge in [0.25, 0.3) is 0 Å². The summed E-state index contributed by atoms with van der Waals surface area (Å²) in [6, 6.07) is 2.71. The van der Waals surface area contributed by atoms with Crippen LogP contribution in [0.15, 0.2) is 16.8 Å². The van der Waals surface area contributed by atoms with Gasteiger partial charge in [0.1, 0.15) is 0 Å². The summed E-state index contributed by atoms with van der Waals surface area (Å²) >= 11 is 3.60. The van der Waals surface area contributed by atoms with E-state index >= 15 is 0 Å². The molecule has 4 heteroatoms. The number of thiophene rings is 1. The van der Waals surface area contributed by atoms with E-state index in [0.717, 1.165) is 19.4 Å². The Balaban J connectivity index is 2.01. The summed E-state index contributed by atoms with van der Waals surface area (Å²) in [5.41, 5.74) is 2.61. The zero-order chi connectivity index (χ0) is 13.0. The Labute approximate surface area is 117 Å². The molecule has 0 saturated carbocycles. The molecule has 0 aliphatic heterocycles. The number of nitrogens with one attached hydrogen (secondary N) is 1. The standard InChI is InChI=1S/C14H20N2S2/c1-4-15-13(7-12-5-6-17-9-12)8-14-16-10(2)11(3)18-14/h5-6,9,13,15H,4,7-8H2,1-3H3. The maximum Gasteiger partial charge on any atom is 0.0946 e. The van der Waals surface area contributed by atoms with E-state index in [0.29, 0.717) is 6.04 Å². The first-order valence-electron chi connectivity index (χ1n) is 6.36. The first-order chi connectivity index (χ1) is 8.69. The lowest BCUT2D eigenvalue weighted by Gasteiger charge is -2.15. The highest BCUT2D eigenvalue weighted by Gasteiger charge is 2.13. The third kappa shape index (κ3) is 3.64. The van der Waals surface area contributed by atoms with Gasteiger partial charge in [-0.3, -0.25) is 0 Å². The van der Waals surface area contributed by atoms with E-state index in [1.807, 2.05) is 11.3 Å². The van der Waals surface area contributed by atoms with E-state index in [1.165, 1.54) is 21.1 Å². The van der Waals surface area contributed by atoms with E-state index in [2.05, 4.69) is 47.9 Å². The third-order valence-electron chi connectivity index (χ3n) is 3.05. The molecular formula is C14H20N2S2. The number of hydrogen-bond acceptors (Lipinski definition) is 4. The number of hydrogen-bond donors (Lipinski definition) is 1. The highest BCUT2D eigenvalue weighted by atomic mass is 32.1. The van der Waals surface area contributed by atoms with Crippen molar-refractivity contribution < 1.29 is 0 Å². The van der Waals surface area contributed by atoms with Gasteiger partial charge in [0.05, 0.1) is 10.7 Å². The first-order valence-corrected chi connectivity index (χ1v) is 8.12. The van der Waals surface area contributed by atoms with Crippen LogP contribution in [0.25, 0.3) is 0 Å². The fraction of sp³-hybridized carbons (Fsp3) is 0.500. The van der Waals surface area contributed by atoms with Gasteiger partial charge in [-0.25, -0.2) is 4.98 Å². The summed E-state index contributed by atoms with van der Waals surface area (Å²) in [5, 5.41) is 9.21. The Hall–Kier alpha value is -0.710. The molecule has 2 rings (SSSR count). The summed E-state index contributed by atoms with van der Waals surface area (Å²) in [6.07, 6.45) is 2.12. The summed E-state index contributed by atoms with van der Waals surface area (Å²) in [7, 11) is 0. The fourth-order valence-corrected chi connectivity index (χ4v) is 3.73. The highest BCUT2D eigenvalue weighted by molar-refractivity contribution is 7.11. The number of thiazole rings is 1. The van der Waals surface area contributed by atoms with E-state index in [4.69, 9.17) is 0 Å². The normalized spacial score (nSPS) is 12.8. The molecule has 2 aromatic heterocycles. The van der Waals surface area contributed by atoms with Crippen molar-refractivity contribution in [2.75, 3.05) is 6.54 Å². The van der Waals surface area contributed by atoms with Crippen molar-refractivity contribution in [1.82, 2.24) is 10.3 Å². The summed E-state index contributed by atoms with van der Waals surface area (Å²) in [4.78, 5) is 5.99. The Morgan fingerprint density at radius 1 is 1.33 bits per heavy atom. The van der Waals surface area contributed by atoms with Crippen molar-refractivity contribution in [3.05, 3.63) is 38.0 Å². The van der Waals surface area contributed by atoms with Crippen molar-refractivity contribution in [1.29, 1.82) is 0 Å². The summed E-state index contributed by atoms with van der Waals surface area (Å²) < 4.78 is 0. The topological polar surface area (TPSA) is 24.9 Å². The largest absolute Gasteiger partial charge is 0.314 e. The van der Waals surface area contributed by atoms with Crippen molar-refractivity contribution in [3.8, 4) is 0 Å². The minimum atomic E-state index is 0.495. The van der Waals surface area contributed by atoms with Gasteiger partial charge in [0.2, 0.25) is 0 Å². The number of nitrogens with zero attached hydrogens (tertiary/aromatic N) is 1. The molecule has 0 aliphatic rings. The van der Waals surface area contributed by atoms with Gasteiger partial charge in [0, 0.05) is 17.3 Å². The lowest BCUT2D eigenvalue weighted by molar-refractivity contribution is 0.521. The molecule has 0 spiro atoms. The fourth-order valence-electron chi connectivity index (χ4n) is 2.04. The second-order valence-electron chi connectivity index (χ2n) is 4.54. The van der Waals surface area contributed by atoms with Crippen LogP contribution in [0.1, 0.15) is 28.1 Å². The van der Waals surface area contributed by atoms with Gasteiger partial charge in [0.15, 0.2) is 0 Å². The van der Waals surface area contributed by atoms with Gasteiger partial charge in [-0.2, -0.15) is 11.3 Å². The predicted octanol–water partition coefficient (Wildman–Crippen LogP) is 3.58. The van der Waals surface area contributed by atoms with Gasteiger partial charge in [-0.1, -0.05) is 6.92 Å². The molecule has 0 aromatic carbocycles. The maximum atomic E-state index is 4.64. The molecule has 0 aliphatic carbocycles. The third-order valence-corrected chi connectivity index (χ3v) is 4.88. The molecule has 0 saturated heterocycles. The molecule has 1 unspecified atom stereocenters. The molecule has 18 heavy (non-hydrogen) atoms. The number of aromatic nitrogens is 1. The van der Waals surface area contributed by atoms with Gasteiger partial charge in [-0.05, 0) is 49.2 Å². The van der Waals surface area contributed by atoms with Crippen LogP contribution in [-0.4, -0.2) is 17.6 Å². The highest BCUT2D eigenvalue weighted by Crippen LogP contribution is 2.19. The van der Waals surface area contributed by atoms with E-state index in [9.17, 15) is 0 Å². The number of likely N-dealkylation sites (N-methyl/N-ethyl adjacent to an activating group) is 1. The van der Waals surface area contributed by atoms with Crippen LogP contribution in [0.2, 0.25) is 0 Å². The molecule has 0 fully saturated rings. The molecule has 1 atom stereocenters. The van der Waals surface area contributed by atoms with Crippen LogP contribution in [0.3, 0.4) is 0 Å². The second kappa shape index (κ2) is 6.45. The van der Waals surface area contributed by atoms with E-state index in [1.54, 1.807) is 11.3 Å². The molecule has 2 nitrogen and oxygen atoms in total. The van der Waals surface area contributed by atoms with Gasteiger partial charge >= 0.3 is 0 Å². The van der Waals surface area contributed by atoms with Gasteiger partial charge < -0.3 is 5.32 Å². The minimum absolute atomic E-state index is 0.495. The minimum Gasteiger partial charge on any atom is -0.314 e. The van der Waals surface area contributed by atoms with Crippen molar-refractivity contribution >= 4 is 22.7 Å². The number of aryl methyl sites for hydroxylation is 2. The lowest BCUT2D eigenvalue weighted by atomic mass is 10.1. The van der Waals surface area contributed by atoms with E-state index in [-0.39, 0.29) is 0 Å². The molecule has 0 bridgehead atoms. The monoisotopic (exact) mass is 280 g/mol. The molecule has 1 N–H and O–H groups in total. The smallest absolute Gasteiger partial charge is 0.0946 e. The first kappa shape index (κ1) is 13.7. The van der Waals surface area contributed by atoms with Crippen molar-refractivity contribution in [2.45, 2.75) is 39.7 Å². The van der Waals surface area contributed by atoms with Crippen molar-refractivity contribution in [2.24, 2.45) is 0 Å². The van der Waals surface area contributed by atoms with Gasteiger partial charge in [-0.15, -0.1) is 11.3 Å². The van der Waals surface area contributed by atoms with Crippen LogP contribution in [0.5, 0.6) is 0 Å². The molecule has 2 heterocycles. The van der Waals surface area contributed by atoms with E-state index < -0.39 is 0 Å². The molecule has 2 aromatic rings. The van der Waals surface area contributed by atoms with Crippen LogP contribution in [0.4, 0.5) is 0 Å². The average Bonchev–Trinajstić information content (AvgIpc) is 2.91. The van der Waals surface area contributed by atoms with Crippen LogP contribution >= 0.6 is 22.7 Å². The molecular weight excluding hydrogens is 260 g/mol. The summed E-state index contributed by atoms with van der Waals surface area (Å²) in [5.74, 6) is 0. The van der Waals surface area contributed by atoms with Crippen molar-refractivity contribution in [3.63, 3.8) is 0 Å². The van der Waals surface area contributed by atoms with Crippen LogP contribution < -0.4 is 5.32 Å². The lowest BCUT2D eigenvalue weighted by Crippen LogP contribution is -2.32. The Morgan fingerprint density at radius 2 is 2.17 bits per heavy atom. The van der Waals surface area contributed by atoms with Crippen LogP contribution in [0, 0.1) is 13.8 Å². The Morgan fingerprint density at radius 3 is 2.72 bits per heavy atom. The zero-order valence-corrected chi connectivity index (χ0v) is 12.8. The summed E-state index contributed by atoms with van der Waals surface area (Å²) in [6.45, 7) is 7.42. The quantitative estimate of drug-likeness (QED) is 0.875. The Bertz CT molecular complexity index is 454. The Kier molecular flexibility index (Phi) is 4.92. The maximum absolute atomic E-state index is 4.64. The SMILES string of the molecule is CCNC(Cc1ccsc1)Cc1nc(C)c(C)s1. The van der Waals surface area contributed by atoms with Crippen LogP contribution in [-0.2, 0) is 12.8 Å².